The first-order chi connectivity index (χ1) is 13.9. The molecule has 0 amide bonds. The quantitative estimate of drug-likeness (QED) is 0.195. The molecule has 0 aliphatic heterocycles. The van der Waals surface area contributed by atoms with Gasteiger partial charge in [0.05, 0.1) is 23.4 Å². The van der Waals surface area contributed by atoms with Gasteiger partial charge in [-0.25, -0.2) is 0 Å². The van der Waals surface area contributed by atoms with Crippen molar-refractivity contribution in [2.75, 3.05) is 25.1 Å². The molecule has 0 aromatic carbocycles. The third-order valence-corrected chi connectivity index (χ3v) is 12.9. The van der Waals surface area contributed by atoms with Crippen molar-refractivity contribution >= 4 is 30.2 Å². The summed E-state index contributed by atoms with van der Waals surface area (Å²) in [4.78, 5) is 26.4. The van der Waals surface area contributed by atoms with E-state index in [4.69, 9.17) is 0 Å². The van der Waals surface area contributed by atoms with E-state index in [1.165, 1.54) is 68.3 Å². The molecule has 0 aliphatic carbocycles. The number of ketones is 2. The van der Waals surface area contributed by atoms with Crippen molar-refractivity contribution in [1.82, 2.24) is 0 Å². The summed E-state index contributed by atoms with van der Waals surface area (Å²) in [5, 5.41) is 11.3. The van der Waals surface area contributed by atoms with Crippen LogP contribution in [0.1, 0.15) is 93.4 Å². The molecule has 0 aliphatic rings. The Labute approximate surface area is 214 Å². The minimum atomic E-state index is -1.37. The van der Waals surface area contributed by atoms with Crippen molar-refractivity contribution in [3.05, 3.63) is 21.4 Å². The molecule has 1 N–H and O–H groups in total. The topological polar surface area (TPSA) is 54.4 Å². The number of unbranched alkanes of at least 4 members (excludes halogenated alkanes) is 3. The van der Waals surface area contributed by atoms with Gasteiger partial charge in [-0.15, -0.1) is 11.3 Å². The maximum absolute atomic E-state index is 13.7. The summed E-state index contributed by atoms with van der Waals surface area (Å²) >= 11 is 1.37. The van der Waals surface area contributed by atoms with Crippen LogP contribution in [0.25, 0.3) is 0 Å². The van der Waals surface area contributed by atoms with Gasteiger partial charge in [0.1, 0.15) is 12.3 Å². The first-order valence-electron chi connectivity index (χ1n) is 11.5. The number of aryl methyl sites for hydroxylation is 1. The van der Waals surface area contributed by atoms with Gasteiger partial charge in [0.15, 0.2) is 11.6 Å². The van der Waals surface area contributed by atoms with Crippen LogP contribution in [0.3, 0.4) is 0 Å². The second kappa shape index (κ2) is 16.2. The molecule has 169 valence electrons. The maximum atomic E-state index is 13.7. The molecule has 0 bridgehead atoms. The molecule has 1 rings (SSSR count). The monoisotopic (exact) mass is 530 g/mol. The number of Topliss-reactive ketones (excluding diaryl/α,β-unsaturated/α-hetero) is 2. The Balaban J connectivity index is 0.00000841. The van der Waals surface area contributed by atoms with Gasteiger partial charge < -0.3 is 5.11 Å². The van der Waals surface area contributed by atoms with Crippen LogP contribution < -0.4 is 0 Å². The van der Waals surface area contributed by atoms with E-state index in [0.29, 0.717) is 17.1 Å². The Morgan fingerprint density at radius 1 is 1.00 bits per heavy atom. The minimum absolute atomic E-state index is 0. The molecule has 6 heteroatoms. The average Bonchev–Trinajstić information content (AvgIpc) is 3.08. The van der Waals surface area contributed by atoms with Crippen LogP contribution in [0, 0.1) is 6.92 Å². The van der Waals surface area contributed by atoms with E-state index in [9.17, 15) is 14.7 Å². The molecular formula is C24H42O3PSY+. The van der Waals surface area contributed by atoms with Gasteiger partial charge >= 0.3 is 0 Å². The van der Waals surface area contributed by atoms with Crippen molar-refractivity contribution in [3.63, 3.8) is 0 Å². The largest absolute Gasteiger partial charge is 0.388 e. The Hall–Kier alpha value is 0.534. The van der Waals surface area contributed by atoms with Gasteiger partial charge in [0.25, 0.3) is 0 Å². The Morgan fingerprint density at radius 3 is 1.90 bits per heavy atom. The van der Waals surface area contributed by atoms with Crippen LogP contribution in [-0.2, 0) is 43.9 Å². The second-order valence-corrected chi connectivity index (χ2v) is 13.6. The molecule has 0 spiro atoms. The first-order valence-corrected chi connectivity index (χ1v) is 14.8. The summed E-state index contributed by atoms with van der Waals surface area (Å²) in [5.41, 5.74) is 2.02. The van der Waals surface area contributed by atoms with Crippen LogP contribution >= 0.6 is 18.6 Å². The van der Waals surface area contributed by atoms with Gasteiger partial charge in [-0.3, -0.25) is 9.59 Å². The van der Waals surface area contributed by atoms with Crippen molar-refractivity contribution in [3.8, 4) is 0 Å². The zero-order valence-corrected chi connectivity index (χ0v) is 24.4. The van der Waals surface area contributed by atoms with Crippen LogP contribution in [0.2, 0.25) is 0 Å². The van der Waals surface area contributed by atoms with Crippen molar-refractivity contribution in [2.45, 2.75) is 91.6 Å². The molecule has 1 unspecified atom stereocenters. The first kappa shape index (κ1) is 30.5. The molecule has 1 radical (unpaired) electrons. The predicted molar refractivity (Wildman–Crippen MR) is 130 cm³/mol. The van der Waals surface area contributed by atoms with E-state index in [2.05, 4.69) is 27.7 Å². The third kappa shape index (κ3) is 8.47. The van der Waals surface area contributed by atoms with Crippen LogP contribution in [0.15, 0.2) is 5.38 Å². The van der Waals surface area contributed by atoms with Crippen molar-refractivity contribution in [2.24, 2.45) is 0 Å². The molecule has 0 saturated heterocycles. The van der Waals surface area contributed by atoms with E-state index < -0.39 is 13.9 Å². The summed E-state index contributed by atoms with van der Waals surface area (Å²) < 4.78 is 0. The summed E-state index contributed by atoms with van der Waals surface area (Å²) in [6.45, 7) is 10.4. The summed E-state index contributed by atoms with van der Waals surface area (Å²) in [7, 11) is -1.37. The fourth-order valence-electron chi connectivity index (χ4n) is 4.43. The third-order valence-electron chi connectivity index (χ3n) is 6.14. The Bertz CT molecular complexity index is 623. The SMILES string of the molecule is CCCC[P+](CCCC)(CCCC)C(CC)C(=O)Cc1c(C)csc1C(=O)CO.[Y]. The summed E-state index contributed by atoms with van der Waals surface area (Å²) in [5.74, 6) is 0.0700. The van der Waals surface area contributed by atoms with Gasteiger partial charge in [-0.1, -0.05) is 47.0 Å². The van der Waals surface area contributed by atoms with Crippen LogP contribution in [-0.4, -0.2) is 47.4 Å². The fourth-order valence-corrected chi connectivity index (χ4v) is 11.4. The van der Waals surface area contributed by atoms with Crippen LogP contribution in [0.4, 0.5) is 0 Å². The number of carbonyl (C=O) groups excluding carboxylic acids is 2. The molecule has 0 saturated carbocycles. The normalized spacial score (nSPS) is 12.5. The van der Waals surface area contributed by atoms with Gasteiger partial charge in [0.2, 0.25) is 0 Å². The van der Waals surface area contributed by atoms with Crippen molar-refractivity contribution in [1.29, 1.82) is 0 Å². The molecule has 1 aromatic rings. The standard InChI is InChI=1S/C24H42O3PS.Y/c1-6-10-13-28(14-11-7-2,15-12-8-3)23(9-4)21(26)16-20-19(5)18-29-24(20)22(27)17-25;/h18,23,25H,6-17H2,1-5H3;/q+1;. The Kier molecular flexibility index (Phi) is 16.5. The molecular weight excluding hydrogens is 488 g/mol. The molecule has 30 heavy (non-hydrogen) atoms. The molecule has 1 atom stereocenters. The number of aliphatic hydroxyl groups excluding tert-OH is 1. The zero-order valence-electron chi connectivity index (χ0n) is 19.8. The number of aliphatic hydroxyl groups is 1. The maximum Gasteiger partial charge on any atom is 0.198 e. The Morgan fingerprint density at radius 2 is 1.50 bits per heavy atom. The molecule has 0 fully saturated rings. The van der Waals surface area contributed by atoms with E-state index in [-0.39, 0.29) is 44.2 Å². The van der Waals surface area contributed by atoms with E-state index >= 15 is 0 Å². The number of hydrogen-bond donors (Lipinski definition) is 1. The van der Waals surface area contributed by atoms with Crippen molar-refractivity contribution < 1.29 is 47.4 Å². The number of carbonyl (C=O) groups is 2. The van der Waals surface area contributed by atoms with Gasteiger partial charge in [-0.05, 0) is 49.1 Å². The number of thiophene rings is 1. The number of hydrogen-bond acceptors (Lipinski definition) is 4. The molecule has 1 heterocycles. The average molecular weight is 531 g/mol. The second-order valence-electron chi connectivity index (χ2n) is 8.32. The predicted octanol–water partition coefficient (Wildman–Crippen LogP) is 6.54. The zero-order chi connectivity index (χ0) is 21.9. The molecule has 3 nitrogen and oxygen atoms in total. The molecule has 1 aromatic heterocycles. The van der Waals surface area contributed by atoms with Gasteiger partial charge in [-0.2, -0.15) is 0 Å². The fraction of sp³-hybridized carbons (Fsp3) is 0.750. The smallest absolute Gasteiger partial charge is 0.198 e. The van der Waals surface area contributed by atoms with E-state index in [0.717, 1.165) is 17.5 Å². The van der Waals surface area contributed by atoms with E-state index in [1.54, 1.807) is 0 Å². The summed E-state index contributed by atoms with van der Waals surface area (Å²) in [6, 6.07) is 0. The van der Waals surface area contributed by atoms with Crippen LogP contribution in [0.5, 0.6) is 0 Å². The minimum Gasteiger partial charge on any atom is -0.388 e. The summed E-state index contributed by atoms with van der Waals surface area (Å²) in [6.07, 6.45) is 12.2. The van der Waals surface area contributed by atoms with Gasteiger partial charge in [0, 0.05) is 46.4 Å². The van der Waals surface area contributed by atoms with E-state index in [1.807, 2.05) is 12.3 Å². The number of rotatable bonds is 16.